The Morgan fingerprint density at radius 2 is 1.58 bits per heavy atom. The Kier molecular flexibility index (Phi) is 11.0. The number of benzene rings is 2. The number of rotatable bonds is 11. The largest absolute Gasteiger partial charge is 0.479 e. The SMILES string of the molecule is Cc1nc(C)c(C(OC(C)(C)C)C(=O)O)c(N2CCC(C)(C)CC2)c1-c1ccc2c(c1)CCN(Cc1ccc(OC(F)F)c(OC(F)F)c1)C2. The van der Waals surface area contributed by atoms with E-state index < -0.39 is 42.4 Å². The van der Waals surface area contributed by atoms with Crippen LogP contribution in [0.25, 0.3) is 11.1 Å². The molecule has 1 atom stereocenters. The second kappa shape index (κ2) is 14.8. The van der Waals surface area contributed by atoms with Crippen LogP contribution < -0.4 is 14.4 Å². The van der Waals surface area contributed by atoms with Crippen LogP contribution in [0, 0.1) is 19.3 Å². The summed E-state index contributed by atoms with van der Waals surface area (Å²) < 4.78 is 66.7. The molecule has 1 unspecified atom stereocenters. The van der Waals surface area contributed by atoms with Crippen LogP contribution in [-0.2, 0) is 29.0 Å². The Labute approximate surface area is 291 Å². The predicted octanol–water partition coefficient (Wildman–Crippen LogP) is 8.69. The van der Waals surface area contributed by atoms with E-state index in [0.717, 1.165) is 59.6 Å². The quantitative estimate of drug-likeness (QED) is 0.199. The fraction of sp³-hybridized carbons (Fsp3) is 0.526. The zero-order valence-electron chi connectivity index (χ0n) is 29.8. The van der Waals surface area contributed by atoms with Gasteiger partial charge in [0, 0.05) is 55.2 Å². The molecule has 12 heteroatoms. The molecule has 1 N–H and O–H groups in total. The molecule has 1 aromatic heterocycles. The van der Waals surface area contributed by atoms with Gasteiger partial charge in [-0.15, -0.1) is 0 Å². The van der Waals surface area contributed by atoms with Gasteiger partial charge in [0.05, 0.1) is 11.3 Å². The molecular weight excluding hydrogens is 654 g/mol. The van der Waals surface area contributed by atoms with E-state index in [1.54, 1.807) is 6.07 Å². The second-order valence-corrected chi connectivity index (χ2v) is 15.0. The van der Waals surface area contributed by atoms with E-state index in [1.807, 2.05) is 40.7 Å². The van der Waals surface area contributed by atoms with Crippen LogP contribution in [0.1, 0.15) is 87.2 Å². The van der Waals surface area contributed by atoms with Crippen LogP contribution in [0.15, 0.2) is 36.4 Å². The van der Waals surface area contributed by atoms with Gasteiger partial charge in [-0.2, -0.15) is 17.6 Å². The molecule has 2 aromatic carbocycles. The van der Waals surface area contributed by atoms with Crippen molar-refractivity contribution in [3.8, 4) is 22.6 Å². The number of carboxylic acid groups (broad SMARTS) is 1. The summed E-state index contributed by atoms with van der Waals surface area (Å²) in [6, 6.07) is 10.4. The van der Waals surface area contributed by atoms with Crippen molar-refractivity contribution in [2.45, 2.75) is 106 Å². The number of piperidine rings is 1. The number of fused-ring (bicyclic) bond motifs is 1. The highest BCUT2D eigenvalue weighted by molar-refractivity contribution is 5.88. The summed E-state index contributed by atoms with van der Waals surface area (Å²) >= 11 is 0. The van der Waals surface area contributed by atoms with Gasteiger partial charge in [-0.05, 0) is 93.7 Å². The zero-order chi connectivity index (χ0) is 36.5. The van der Waals surface area contributed by atoms with Gasteiger partial charge in [-0.25, -0.2) is 4.79 Å². The molecule has 5 rings (SSSR count). The summed E-state index contributed by atoms with van der Waals surface area (Å²) in [4.78, 5) is 22.2. The van der Waals surface area contributed by atoms with Crippen molar-refractivity contribution < 1.29 is 41.7 Å². The minimum Gasteiger partial charge on any atom is -0.479 e. The number of halogens is 4. The number of anilines is 1. The Balaban J connectivity index is 1.49. The van der Waals surface area contributed by atoms with Gasteiger partial charge in [-0.1, -0.05) is 38.1 Å². The molecule has 0 saturated carbocycles. The minimum absolute atomic E-state index is 0.179. The highest BCUT2D eigenvalue weighted by Crippen LogP contribution is 2.45. The molecule has 1 saturated heterocycles. The maximum absolute atomic E-state index is 13.0. The van der Waals surface area contributed by atoms with Gasteiger partial charge >= 0.3 is 19.2 Å². The van der Waals surface area contributed by atoms with Crippen LogP contribution in [0.4, 0.5) is 23.2 Å². The fourth-order valence-electron chi connectivity index (χ4n) is 6.95. The van der Waals surface area contributed by atoms with Gasteiger partial charge in [0.25, 0.3) is 0 Å². The average molecular weight is 702 g/mol. The molecular formula is C38H47F4N3O5. The Hall–Kier alpha value is -3.90. The van der Waals surface area contributed by atoms with E-state index in [9.17, 15) is 27.5 Å². The number of pyridine rings is 1. The summed E-state index contributed by atoms with van der Waals surface area (Å²) in [5.74, 6) is -1.95. The molecule has 8 nitrogen and oxygen atoms in total. The van der Waals surface area contributed by atoms with E-state index in [-0.39, 0.29) is 5.41 Å². The molecule has 2 aliphatic heterocycles. The number of carboxylic acids is 1. The van der Waals surface area contributed by atoms with Crippen LogP contribution in [0.5, 0.6) is 11.5 Å². The second-order valence-electron chi connectivity index (χ2n) is 15.0. The van der Waals surface area contributed by atoms with Crippen LogP contribution in [-0.4, -0.2) is 59.4 Å². The first-order valence-electron chi connectivity index (χ1n) is 16.9. The van der Waals surface area contributed by atoms with Crippen molar-refractivity contribution in [3.63, 3.8) is 0 Å². The van der Waals surface area contributed by atoms with Crippen molar-refractivity contribution >= 4 is 11.7 Å². The topological polar surface area (TPSA) is 84.4 Å². The molecule has 2 aliphatic rings. The molecule has 0 amide bonds. The number of carbonyl (C=O) groups is 1. The van der Waals surface area contributed by atoms with Crippen LogP contribution >= 0.6 is 0 Å². The molecule has 3 heterocycles. The summed E-state index contributed by atoms with van der Waals surface area (Å²) in [6.45, 7) is 10.7. The first-order valence-corrected chi connectivity index (χ1v) is 16.9. The molecule has 0 radical (unpaired) electrons. The van der Waals surface area contributed by atoms with Crippen LogP contribution in [0.2, 0.25) is 0 Å². The Morgan fingerprint density at radius 1 is 0.920 bits per heavy atom. The molecule has 0 aliphatic carbocycles. The van der Waals surface area contributed by atoms with Crippen molar-refractivity contribution in [2.24, 2.45) is 5.41 Å². The highest BCUT2D eigenvalue weighted by Gasteiger charge is 2.36. The monoisotopic (exact) mass is 701 g/mol. The number of hydrogen-bond acceptors (Lipinski definition) is 7. The molecule has 0 spiro atoms. The lowest BCUT2D eigenvalue weighted by Gasteiger charge is -2.41. The normalized spacial score (nSPS) is 17.2. The van der Waals surface area contributed by atoms with Gasteiger partial charge in [0.2, 0.25) is 0 Å². The van der Waals surface area contributed by atoms with Crippen molar-refractivity contribution in [2.75, 3.05) is 24.5 Å². The van der Waals surface area contributed by atoms with Crippen molar-refractivity contribution in [1.29, 1.82) is 0 Å². The van der Waals surface area contributed by atoms with Gasteiger partial charge in [0.1, 0.15) is 0 Å². The Morgan fingerprint density at radius 3 is 2.20 bits per heavy atom. The predicted molar refractivity (Wildman–Crippen MR) is 183 cm³/mol. The molecule has 50 heavy (non-hydrogen) atoms. The Bertz CT molecular complexity index is 1700. The first-order chi connectivity index (χ1) is 23.4. The number of aliphatic carboxylic acids is 1. The zero-order valence-corrected chi connectivity index (χ0v) is 29.8. The van der Waals surface area contributed by atoms with E-state index in [1.165, 1.54) is 12.1 Å². The average Bonchev–Trinajstić information content (AvgIpc) is 3.00. The molecule has 3 aromatic rings. The maximum atomic E-state index is 13.0. The van der Waals surface area contributed by atoms with Gasteiger partial charge < -0.3 is 24.2 Å². The lowest BCUT2D eigenvalue weighted by Crippen LogP contribution is -2.39. The lowest BCUT2D eigenvalue weighted by atomic mass is 9.81. The lowest BCUT2D eigenvalue weighted by molar-refractivity contribution is -0.160. The molecule has 1 fully saturated rings. The number of ether oxygens (including phenoxy) is 3. The van der Waals surface area contributed by atoms with E-state index in [0.29, 0.717) is 42.9 Å². The first kappa shape index (κ1) is 37.4. The summed E-state index contributed by atoms with van der Waals surface area (Å²) in [5, 5.41) is 10.5. The third-order valence-corrected chi connectivity index (χ3v) is 9.40. The van der Waals surface area contributed by atoms with E-state index >= 15 is 0 Å². The van der Waals surface area contributed by atoms with E-state index in [4.69, 9.17) is 9.72 Å². The third-order valence-electron chi connectivity index (χ3n) is 9.40. The standard InChI is InChI=1S/C38H47F4N3O5/c1-22-30(32(45-16-13-38(6,7)14-17-45)31(23(2)43-22)33(34(46)47)50-37(3,4)5)26-9-10-27-21-44(15-12-25(27)19-26)20-24-8-11-28(48-35(39)40)29(18-24)49-36(41)42/h8-11,18-19,33,35-36H,12-17,20-21H2,1-7H3,(H,46,47). The number of aryl methyl sites for hydroxylation is 2. The summed E-state index contributed by atoms with van der Waals surface area (Å²) in [6.07, 6.45) is 1.42. The molecule has 0 bridgehead atoms. The maximum Gasteiger partial charge on any atom is 0.387 e. The summed E-state index contributed by atoms with van der Waals surface area (Å²) in [5.41, 5.74) is 7.07. The number of nitrogens with zero attached hydrogens (tertiary/aromatic N) is 3. The van der Waals surface area contributed by atoms with Crippen LogP contribution in [0.3, 0.4) is 0 Å². The number of aromatic nitrogens is 1. The number of hydrogen-bond donors (Lipinski definition) is 1. The van der Waals surface area contributed by atoms with Gasteiger partial charge in [0.15, 0.2) is 17.6 Å². The van der Waals surface area contributed by atoms with Crippen molar-refractivity contribution in [1.82, 2.24) is 9.88 Å². The third kappa shape index (κ3) is 8.87. The fourth-order valence-corrected chi connectivity index (χ4v) is 6.95. The summed E-state index contributed by atoms with van der Waals surface area (Å²) in [7, 11) is 0. The highest BCUT2D eigenvalue weighted by atomic mass is 19.3. The van der Waals surface area contributed by atoms with Gasteiger partial charge in [-0.3, -0.25) is 9.88 Å². The number of alkyl halides is 4. The smallest absolute Gasteiger partial charge is 0.387 e. The minimum atomic E-state index is -3.19. The van der Waals surface area contributed by atoms with Crippen molar-refractivity contribution in [3.05, 3.63) is 70.0 Å². The van der Waals surface area contributed by atoms with E-state index in [2.05, 4.69) is 45.3 Å². The molecule has 272 valence electrons.